The molecule has 2 heteroatoms. The molecule has 1 heterocycles. The van der Waals surface area contributed by atoms with Gasteiger partial charge in [-0.25, -0.2) is 0 Å². The van der Waals surface area contributed by atoms with Crippen LogP contribution in [-0.2, 0) is 13.1 Å². The zero-order valence-corrected chi connectivity index (χ0v) is 12.2. The molecule has 0 aliphatic heterocycles. The second kappa shape index (κ2) is 6.58. The van der Waals surface area contributed by atoms with Crippen LogP contribution < -0.4 is 5.32 Å². The maximum absolute atomic E-state index is 3.61. The van der Waals surface area contributed by atoms with Gasteiger partial charge >= 0.3 is 0 Å². The number of nitrogens with one attached hydrogen (secondary N) is 1. The van der Waals surface area contributed by atoms with Gasteiger partial charge in [0.25, 0.3) is 0 Å². The van der Waals surface area contributed by atoms with Crippen molar-refractivity contribution in [2.75, 3.05) is 0 Å². The molecule has 0 spiro atoms. The van der Waals surface area contributed by atoms with Crippen molar-refractivity contribution in [3.63, 3.8) is 0 Å². The summed E-state index contributed by atoms with van der Waals surface area (Å²) in [6, 6.07) is 13.4. The van der Waals surface area contributed by atoms with E-state index >= 15 is 0 Å². The van der Waals surface area contributed by atoms with E-state index in [1.807, 2.05) is 0 Å². The summed E-state index contributed by atoms with van der Waals surface area (Å²) in [5.74, 6) is 0. The predicted octanol–water partition coefficient (Wildman–Crippen LogP) is 4.06. The molecule has 0 bridgehead atoms. The lowest BCUT2D eigenvalue weighted by atomic mass is 10.1. The molecule has 0 saturated carbocycles. The van der Waals surface area contributed by atoms with E-state index < -0.39 is 0 Å². The number of nitrogens with zero attached hydrogens (tertiary/aromatic N) is 1. The fraction of sp³-hybridized carbons (Fsp3) is 0.412. The quantitative estimate of drug-likeness (QED) is 0.825. The van der Waals surface area contributed by atoms with Crippen molar-refractivity contribution in [3.8, 4) is 0 Å². The Balaban J connectivity index is 1.96. The van der Waals surface area contributed by atoms with E-state index in [-0.39, 0.29) is 0 Å². The third-order valence-corrected chi connectivity index (χ3v) is 3.52. The van der Waals surface area contributed by atoms with Crippen molar-refractivity contribution in [1.82, 2.24) is 9.88 Å². The van der Waals surface area contributed by atoms with E-state index in [0.29, 0.717) is 6.04 Å². The normalized spacial score (nSPS) is 12.6. The van der Waals surface area contributed by atoms with Crippen LogP contribution in [0.25, 0.3) is 0 Å². The van der Waals surface area contributed by atoms with Gasteiger partial charge in [-0.1, -0.05) is 36.8 Å². The maximum Gasteiger partial charge on any atom is 0.0364 e. The summed E-state index contributed by atoms with van der Waals surface area (Å²) in [5.41, 5.74) is 4.04. The molecule has 0 radical (unpaired) electrons. The van der Waals surface area contributed by atoms with Crippen LogP contribution in [0.2, 0.25) is 0 Å². The Kier molecular flexibility index (Phi) is 4.80. The Hall–Kier alpha value is -1.54. The van der Waals surface area contributed by atoms with Crippen molar-refractivity contribution in [1.29, 1.82) is 0 Å². The summed E-state index contributed by atoms with van der Waals surface area (Å²) in [6.45, 7) is 8.60. The third kappa shape index (κ3) is 3.71. The molecule has 1 atom stereocenters. The third-order valence-electron chi connectivity index (χ3n) is 3.52. The van der Waals surface area contributed by atoms with Gasteiger partial charge in [-0.2, -0.15) is 0 Å². The minimum Gasteiger partial charge on any atom is -0.350 e. The minimum atomic E-state index is 0.380. The molecule has 102 valence electrons. The first-order chi connectivity index (χ1) is 9.20. The molecule has 2 nitrogen and oxygen atoms in total. The highest BCUT2D eigenvalue weighted by atomic mass is 15.0. The number of hydrogen-bond donors (Lipinski definition) is 1. The predicted molar refractivity (Wildman–Crippen MR) is 81.2 cm³/mol. The lowest BCUT2D eigenvalue weighted by Gasteiger charge is -2.16. The molecule has 2 aromatic rings. The van der Waals surface area contributed by atoms with E-state index in [2.05, 4.69) is 73.3 Å². The van der Waals surface area contributed by atoms with Gasteiger partial charge in [0, 0.05) is 31.0 Å². The number of benzene rings is 1. The van der Waals surface area contributed by atoms with Crippen molar-refractivity contribution >= 4 is 0 Å². The highest BCUT2D eigenvalue weighted by Gasteiger charge is 2.06. The van der Waals surface area contributed by atoms with Crippen molar-refractivity contribution in [3.05, 3.63) is 59.4 Å². The van der Waals surface area contributed by atoms with Crippen LogP contribution in [0, 0.1) is 6.92 Å². The fourth-order valence-electron chi connectivity index (χ4n) is 2.38. The summed E-state index contributed by atoms with van der Waals surface area (Å²) in [4.78, 5) is 0. The van der Waals surface area contributed by atoms with Gasteiger partial charge in [0.2, 0.25) is 0 Å². The number of rotatable bonds is 6. The second-order valence-corrected chi connectivity index (χ2v) is 5.21. The molecule has 19 heavy (non-hydrogen) atoms. The first-order valence-electron chi connectivity index (χ1n) is 7.14. The molecular weight excluding hydrogens is 232 g/mol. The van der Waals surface area contributed by atoms with E-state index in [4.69, 9.17) is 0 Å². The molecular formula is C17H24N2. The van der Waals surface area contributed by atoms with Gasteiger partial charge in [0.1, 0.15) is 0 Å². The first-order valence-corrected chi connectivity index (χ1v) is 7.14. The van der Waals surface area contributed by atoms with Crippen LogP contribution in [0.1, 0.15) is 43.1 Å². The summed E-state index contributed by atoms with van der Waals surface area (Å²) < 4.78 is 2.33. The number of aryl methyl sites for hydroxylation is 2. The van der Waals surface area contributed by atoms with E-state index in [9.17, 15) is 0 Å². The summed E-state index contributed by atoms with van der Waals surface area (Å²) in [7, 11) is 0. The largest absolute Gasteiger partial charge is 0.350 e. The Morgan fingerprint density at radius 2 is 2.05 bits per heavy atom. The van der Waals surface area contributed by atoms with Crippen LogP contribution in [0.15, 0.2) is 42.6 Å². The first kappa shape index (κ1) is 13.9. The van der Waals surface area contributed by atoms with Crippen LogP contribution in [0.3, 0.4) is 0 Å². The van der Waals surface area contributed by atoms with Gasteiger partial charge < -0.3 is 9.88 Å². The van der Waals surface area contributed by atoms with Gasteiger partial charge in [-0.05, 0) is 38.0 Å². The van der Waals surface area contributed by atoms with Gasteiger partial charge in [-0.15, -0.1) is 0 Å². The Morgan fingerprint density at radius 1 is 1.21 bits per heavy atom. The lowest BCUT2D eigenvalue weighted by molar-refractivity contribution is 0.541. The highest BCUT2D eigenvalue weighted by Crippen LogP contribution is 2.14. The summed E-state index contributed by atoms with van der Waals surface area (Å²) in [5, 5.41) is 3.61. The second-order valence-electron chi connectivity index (χ2n) is 5.21. The molecule has 1 N–H and O–H groups in total. The van der Waals surface area contributed by atoms with Crippen LogP contribution >= 0.6 is 0 Å². The summed E-state index contributed by atoms with van der Waals surface area (Å²) in [6.07, 6.45) is 3.34. The van der Waals surface area contributed by atoms with E-state index in [0.717, 1.165) is 13.1 Å². The standard InChI is InChI=1S/C17H24N2/c1-4-10-19-11-6-9-17(19)13-18-15(3)16-8-5-7-14(2)12-16/h5-9,11-12,15,18H,4,10,13H2,1-3H3/t15-/m0/s1. The summed E-state index contributed by atoms with van der Waals surface area (Å²) >= 11 is 0. The number of aromatic nitrogens is 1. The topological polar surface area (TPSA) is 17.0 Å². The molecule has 0 fully saturated rings. The molecule has 0 aliphatic rings. The maximum atomic E-state index is 3.61. The average molecular weight is 256 g/mol. The van der Waals surface area contributed by atoms with E-state index in [1.54, 1.807) is 0 Å². The Morgan fingerprint density at radius 3 is 2.79 bits per heavy atom. The molecule has 0 aliphatic carbocycles. The molecule has 1 aromatic carbocycles. The Labute approximate surface area is 116 Å². The lowest BCUT2D eigenvalue weighted by Crippen LogP contribution is -2.20. The average Bonchev–Trinajstić information content (AvgIpc) is 2.84. The van der Waals surface area contributed by atoms with Crippen molar-refractivity contribution in [2.24, 2.45) is 0 Å². The minimum absolute atomic E-state index is 0.380. The molecule has 0 amide bonds. The molecule has 0 unspecified atom stereocenters. The SMILES string of the molecule is CCCn1cccc1CN[C@@H](C)c1cccc(C)c1. The zero-order chi connectivity index (χ0) is 13.7. The Bertz CT molecular complexity index is 513. The van der Waals surface area contributed by atoms with E-state index in [1.165, 1.54) is 23.2 Å². The molecule has 0 saturated heterocycles. The van der Waals surface area contributed by atoms with Gasteiger partial charge in [0.15, 0.2) is 0 Å². The molecule has 2 rings (SSSR count). The van der Waals surface area contributed by atoms with Gasteiger partial charge in [-0.3, -0.25) is 0 Å². The van der Waals surface area contributed by atoms with Crippen LogP contribution in [0.5, 0.6) is 0 Å². The van der Waals surface area contributed by atoms with Crippen LogP contribution in [-0.4, -0.2) is 4.57 Å². The smallest absolute Gasteiger partial charge is 0.0364 e. The number of hydrogen-bond acceptors (Lipinski definition) is 1. The monoisotopic (exact) mass is 256 g/mol. The molecule has 1 aromatic heterocycles. The van der Waals surface area contributed by atoms with Crippen molar-refractivity contribution < 1.29 is 0 Å². The zero-order valence-electron chi connectivity index (χ0n) is 12.2. The van der Waals surface area contributed by atoms with Crippen LogP contribution in [0.4, 0.5) is 0 Å². The fourth-order valence-corrected chi connectivity index (χ4v) is 2.38. The van der Waals surface area contributed by atoms with Crippen molar-refractivity contribution in [2.45, 2.75) is 46.3 Å². The highest BCUT2D eigenvalue weighted by molar-refractivity contribution is 5.24. The van der Waals surface area contributed by atoms with Gasteiger partial charge in [0.05, 0.1) is 0 Å².